The molecular formula is C31H37FN5O4P. The molecule has 222 valence electrons. The van der Waals surface area contributed by atoms with E-state index >= 15 is 0 Å². The van der Waals surface area contributed by atoms with E-state index in [2.05, 4.69) is 0 Å². The Kier molecular flexibility index (Phi) is 7.34. The summed E-state index contributed by atoms with van der Waals surface area (Å²) in [6, 6.07) is 10.0. The zero-order chi connectivity index (χ0) is 30.7. The van der Waals surface area contributed by atoms with Gasteiger partial charge in [-0.1, -0.05) is 0 Å². The highest BCUT2D eigenvalue weighted by atomic mass is 31.2. The molecule has 0 radical (unpaired) electrons. The van der Waals surface area contributed by atoms with Crippen molar-refractivity contribution in [2.75, 3.05) is 19.9 Å². The fourth-order valence-corrected chi connectivity index (χ4v) is 6.25. The average Bonchev–Trinajstić information content (AvgIpc) is 3.46. The van der Waals surface area contributed by atoms with Crippen molar-refractivity contribution in [3.8, 4) is 17.2 Å². The molecule has 0 bridgehead atoms. The lowest BCUT2D eigenvalue weighted by molar-refractivity contribution is 0.0159. The van der Waals surface area contributed by atoms with Gasteiger partial charge in [-0.25, -0.2) is 18.7 Å². The summed E-state index contributed by atoms with van der Waals surface area (Å²) in [5, 5.41) is 5.63. The molecule has 4 aromatic rings. The molecule has 42 heavy (non-hydrogen) atoms. The van der Waals surface area contributed by atoms with E-state index < -0.39 is 24.9 Å². The van der Waals surface area contributed by atoms with Crippen LogP contribution in [0.5, 0.6) is 0 Å². The maximum atomic E-state index is 14.6. The largest absolute Gasteiger partial charge is 0.444 e. The monoisotopic (exact) mass is 593 g/mol. The van der Waals surface area contributed by atoms with Crippen molar-refractivity contribution in [2.24, 2.45) is 0 Å². The van der Waals surface area contributed by atoms with Crippen LogP contribution in [-0.4, -0.2) is 55.4 Å². The zero-order valence-electron chi connectivity index (χ0n) is 25.3. The lowest BCUT2D eigenvalue weighted by atomic mass is 10.00. The molecule has 0 aliphatic carbocycles. The average molecular weight is 594 g/mol. The summed E-state index contributed by atoms with van der Waals surface area (Å²) in [6.45, 7) is 14.6. The highest BCUT2D eigenvalue weighted by Gasteiger charge is 2.37. The molecule has 1 aliphatic rings. The summed E-state index contributed by atoms with van der Waals surface area (Å²) in [4.78, 5) is 28.8. The maximum Gasteiger partial charge on any atom is 0.410 e. The molecule has 5 rings (SSSR count). The van der Waals surface area contributed by atoms with Crippen LogP contribution in [0.25, 0.3) is 17.2 Å². The minimum absolute atomic E-state index is 0.294. The Balaban J connectivity index is 1.69. The first-order valence-electron chi connectivity index (χ1n) is 13.9. The Morgan fingerprint density at radius 2 is 1.62 bits per heavy atom. The van der Waals surface area contributed by atoms with Crippen molar-refractivity contribution in [1.29, 1.82) is 0 Å². The van der Waals surface area contributed by atoms with Gasteiger partial charge in [0, 0.05) is 36.2 Å². The summed E-state index contributed by atoms with van der Waals surface area (Å²) in [5.74, 6) is 0.181. The summed E-state index contributed by atoms with van der Waals surface area (Å²) < 4.78 is 37.5. The number of aromatic nitrogens is 4. The highest BCUT2D eigenvalue weighted by Crippen LogP contribution is 2.37. The minimum Gasteiger partial charge on any atom is -0.444 e. The third kappa shape index (κ3) is 5.36. The third-order valence-electron chi connectivity index (χ3n) is 7.50. The van der Waals surface area contributed by atoms with E-state index in [-0.39, 0.29) is 11.5 Å². The van der Waals surface area contributed by atoms with Crippen LogP contribution in [0.3, 0.4) is 0 Å². The summed E-state index contributed by atoms with van der Waals surface area (Å²) in [6.07, 6.45) is 3.35. The van der Waals surface area contributed by atoms with Gasteiger partial charge in [-0.15, -0.1) is 0 Å². The number of rotatable bonds is 4. The number of imidazole rings is 1. The topological polar surface area (TPSA) is 91.4 Å². The molecule has 11 heteroatoms. The van der Waals surface area contributed by atoms with E-state index in [0.717, 1.165) is 16.6 Å². The summed E-state index contributed by atoms with van der Waals surface area (Å²) in [7, 11) is -2.45. The van der Waals surface area contributed by atoms with Gasteiger partial charge in [0.2, 0.25) is 0 Å². The maximum absolute atomic E-state index is 14.6. The first-order valence-corrected chi connectivity index (χ1v) is 16.5. The molecule has 0 spiro atoms. The number of benzene rings is 2. The first kappa shape index (κ1) is 29.6. The number of carbonyl (C=O) groups excluding carboxylic acids is 1. The molecule has 3 heterocycles. The number of aryl methyl sites for hydroxylation is 2. The highest BCUT2D eigenvalue weighted by molar-refractivity contribution is 7.70. The number of fused-ring (bicyclic) bond motifs is 1. The second-order valence-corrected chi connectivity index (χ2v) is 15.5. The van der Waals surface area contributed by atoms with Crippen molar-refractivity contribution in [2.45, 2.75) is 59.6 Å². The van der Waals surface area contributed by atoms with Crippen LogP contribution in [0.4, 0.5) is 9.18 Å². The Morgan fingerprint density at radius 3 is 2.19 bits per heavy atom. The van der Waals surface area contributed by atoms with Crippen molar-refractivity contribution in [3.63, 3.8) is 0 Å². The van der Waals surface area contributed by atoms with Crippen molar-refractivity contribution >= 4 is 18.5 Å². The molecule has 1 amide bonds. The number of hydrogen-bond acceptors (Lipinski definition) is 5. The standard InChI is InChI=1S/C31H37FN5O4P/c1-19-17-23(18-20(2)27(19)32)37-28(26-21(3)34(14-13-25(26)33-37)30(39)41-31(4,5)6)36-16-15-35(29(36)38)22-9-11-24(12-10-22)42(7,8)40/h9-12,15-18,21H,13-14H2,1-8H3/t21-/m0/s1. The first-order chi connectivity index (χ1) is 19.6. The molecule has 1 aliphatic heterocycles. The molecule has 0 N–H and O–H groups in total. The minimum atomic E-state index is -2.45. The second-order valence-electron chi connectivity index (χ2n) is 12.3. The van der Waals surface area contributed by atoms with Gasteiger partial charge >= 0.3 is 11.8 Å². The molecule has 9 nitrogen and oxygen atoms in total. The van der Waals surface area contributed by atoms with Crippen LogP contribution >= 0.6 is 7.14 Å². The van der Waals surface area contributed by atoms with Gasteiger partial charge < -0.3 is 14.2 Å². The number of ether oxygens (including phenoxy) is 1. The van der Waals surface area contributed by atoms with Gasteiger partial charge in [0.1, 0.15) is 24.4 Å². The van der Waals surface area contributed by atoms with E-state index in [1.54, 1.807) is 85.6 Å². The van der Waals surface area contributed by atoms with Gasteiger partial charge in [-0.2, -0.15) is 5.10 Å². The molecular weight excluding hydrogens is 556 g/mol. The normalized spacial score (nSPS) is 15.5. The van der Waals surface area contributed by atoms with Crippen molar-refractivity contribution < 1.29 is 18.5 Å². The van der Waals surface area contributed by atoms with Crippen molar-refractivity contribution in [1.82, 2.24) is 23.8 Å². The van der Waals surface area contributed by atoms with Crippen LogP contribution in [-0.2, 0) is 15.7 Å². The smallest absolute Gasteiger partial charge is 0.410 e. The molecule has 2 aromatic carbocycles. The van der Waals surface area contributed by atoms with Crippen LogP contribution < -0.4 is 11.0 Å². The molecule has 0 saturated carbocycles. The van der Waals surface area contributed by atoms with E-state index in [4.69, 9.17) is 9.84 Å². The number of nitrogens with zero attached hydrogens (tertiary/aromatic N) is 5. The van der Waals surface area contributed by atoms with Crippen LogP contribution in [0.15, 0.2) is 53.6 Å². The zero-order valence-corrected chi connectivity index (χ0v) is 26.2. The quantitative estimate of drug-likeness (QED) is 0.285. The van der Waals surface area contributed by atoms with Gasteiger partial charge in [0.15, 0.2) is 0 Å². The molecule has 0 saturated heterocycles. The van der Waals surface area contributed by atoms with Gasteiger partial charge in [-0.05, 0) is 102 Å². The molecule has 0 fully saturated rings. The summed E-state index contributed by atoms with van der Waals surface area (Å²) in [5.41, 5.74) is 2.61. The predicted octanol–water partition coefficient (Wildman–Crippen LogP) is 5.67. The Bertz CT molecular complexity index is 1770. The Labute approximate surface area is 244 Å². The summed E-state index contributed by atoms with van der Waals surface area (Å²) >= 11 is 0. The molecule has 1 atom stereocenters. The van der Waals surface area contributed by atoms with Crippen molar-refractivity contribution in [3.05, 3.63) is 87.5 Å². The van der Waals surface area contributed by atoms with Crippen LogP contribution in [0.2, 0.25) is 0 Å². The lowest BCUT2D eigenvalue weighted by Gasteiger charge is -2.34. The number of hydrogen-bond donors (Lipinski definition) is 0. The van der Waals surface area contributed by atoms with E-state index in [1.807, 2.05) is 27.7 Å². The number of amides is 1. The third-order valence-corrected chi connectivity index (χ3v) is 9.04. The van der Waals surface area contributed by atoms with Gasteiger partial charge in [0.25, 0.3) is 0 Å². The molecule has 2 aromatic heterocycles. The fraction of sp³-hybridized carbons (Fsp3) is 0.387. The molecule has 0 unspecified atom stereocenters. The lowest BCUT2D eigenvalue weighted by Crippen LogP contribution is -2.42. The second kappa shape index (κ2) is 10.4. The Morgan fingerprint density at radius 1 is 1.02 bits per heavy atom. The van der Waals surface area contributed by atoms with E-state index in [1.165, 1.54) is 9.13 Å². The van der Waals surface area contributed by atoms with Crippen LogP contribution in [0, 0.1) is 19.7 Å². The van der Waals surface area contributed by atoms with Gasteiger partial charge in [-0.3, -0.25) is 9.13 Å². The van der Waals surface area contributed by atoms with E-state index in [9.17, 15) is 18.5 Å². The number of carbonyl (C=O) groups is 1. The number of halogens is 1. The van der Waals surface area contributed by atoms with E-state index in [0.29, 0.717) is 41.3 Å². The Hall–Kier alpha value is -3.91. The SMILES string of the molecule is Cc1cc(-n2nc3c(c2-n2ccn(-c4ccc(P(C)(C)=O)cc4)c2=O)[C@H](C)N(C(=O)OC(C)(C)C)CC3)cc(C)c1F. The fourth-order valence-electron chi connectivity index (χ4n) is 5.39. The predicted molar refractivity (Wildman–Crippen MR) is 162 cm³/mol. The van der Waals surface area contributed by atoms with Gasteiger partial charge in [0.05, 0.1) is 23.1 Å². The van der Waals surface area contributed by atoms with Crippen LogP contribution in [0.1, 0.15) is 56.1 Å².